The second-order valence-corrected chi connectivity index (χ2v) is 6.53. The van der Waals surface area contributed by atoms with E-state index in [1.807, 2.05) is 0 Å². The van der Waals surface area contributed by atoms with Crippen LogP contribution in [-0.2, 0) is 4.79 Å². The van der Waals surface area contributed by atoms with Crippen LogP contribution in [0.5, 0.6) is 0 Å². The van der Waals surface area contributed by atoms with Crippen molar-refractivity contribution in [2.24, 2.45) is 11.3 Å². The summed E-state index contributed by atoms with van der Waals surface area (Å²) in [7, 11) is 0. The van der Waals surface area contributed by atoms with Crippen molar-refractivity contribution in [3.05, 3.63) is 0 Å². The first kappa shape index (κ1) is 14.8. The molecule has 0 radical (unpaired) electrons. The third-order valence-corrected chi connectivity index (χ3v) is 5.43. The normalized spacial score (nSPS) is 25.1. The lowest BCUT2D eigenvalue weighted by Crippen LogP contribution is -2.46. The number of nitrogens with zero attached hydrogens (tertiary/aromatic N) is 1. The minimum Gasteiger partial charge on any atom is -0.396 e. The maximum Gasteiger partial charge on any atom is 0.225 e. The smallest absolute Gasteiger partial charge is 0.225 e. The zero-order valence-electron chi connectivity index (χ0n) is 12.4. The Hall–Kier alpha value is -0.570. The van der Waals surface area contributed by atoms with Gasteiger partial charge in [0.05, 0.1) is 0 Å². The van der Waals surface area contributed by atoms with Gasteiger partial charge in [0, 0.05) is 25.6 Å². The van der Waals surface area contributed by atoms with Crippen LogP contribution < -0.4 is 0 Å². The second-order valence-electron chi connectivity index (χ2n) is 6.53. The Bertz CT molecular complexity index is 281. The van der Waals surface area contributed by atoms with Crippen LogP contribution in [-0.4, -0.2) is 35.6 Å². The highest BCUT2D eigenvalue weighted by Gasteiger charge is 2.35. The minimum atomic E-state index is 0.0836. The lowest BCUT2D eigenvalue weighted by atomic mass is 9.76. The summed E-state index contributed by atoms with van der Waals surface area (Å²) in [4.78, 5) is 14.6. The predicted molar refractivity (Wildman–Crippen MR) is 76.8 cm³/mol. The van der Waals surface area contributed by atoms with Gasteiger partial charge in [-0.25, -0.2) is 0 Å². The molecule has 0 atom stereocenters. The van der Waals surface area contributed by atoms with Gasteiger partial charge < -0.3 is 10.0 Å². The van der Waals surface area contributed by atoms with E-state index in [4.69, 9.17) is 0 Å². The van der Waals surface area contributed by atoms with Crippen LogP contribution in [0.2, 0.25) is 0 Å². The van der Waals surface area contributed by atoms with E-state index in [2.05, 4.69) is 11.8 Å². The van der Waals surface area contributed by atoms with Crippen molar-refractivity contribution < 1.29 is 9.90 Å². The number of rotatable bonds is 3. The molecule has 3 nitrogen and oxygen atoms in total. The van der Waals surface area contributed by atoms with Crippen LogP contribution in [0, 0.1) is 11.3 Å². The first-order chi connectivity index (χ1) is 9.21. The van der Waals surface area contributed by atoms with Crippen molar-refractivity contribution >= 4 is 5.91 Å². The van der Waals surface area contributed by atoms with Crippen molar-refractivity contribution in [1.82, 2.24) is 4.90 Å². The van der Waals surface area contributed by atoms with Crippen molar-refractivity contribution in [1.29, 1.82) is 0 Å². The minimum absolute atomic E-state index is 0.0836. The zero-order valence-corrected chi connectivity index (χ0v) is 12.4. The molecule has 110 valence electrons. The summed E-state index contributed by atoms with van der Waals surface area (Å²) in [5.41, 5.74) is 0.0836. The number of hydrogen-bond donors (Lipinski definition) is 1. The van der Waals surface area contributed by atoms with Crippen LogP contribution in [0.15, 0.2) is 0 Å². The van der Waals surface area contributed by atoms with Gasteiger partial charge in [-0.1, -0.05) is 32.6 Å². The van der Waals surface area contributed by atoms with Gasteiger partial charge in [-0.3, -0.25) is 4.79 Å². The van der Waals surface area contributed by atoms with E-state index in [1.165, 1.54) is 25.7 Å². The van der Waals surface area contributed by atoms with E-state index in [0.717, 1.165) is 45.2 Å². The van der Waals surface area contributed by atoms with Crippen molar-refractivity contribution in [3.8, 4) is 0 Å². The molecule has 0 spiro atoms. The molecule has 1 amide bonds. The summed E-state index contributed by atoms with van der Waals surface area (Å²) in [6.07, 6.45) is 10.2. The third-order valence-electron chi connectivity index (χ3n) is 5.43. The maximum absolute atomic E-state index is 12.6. The molecule has 0 bridgehead atoms. The lowest BCUT2D eigenvalue weighted by Gasteiger charge is -2.41. The number of likely N-dealkylation sites (tertiary alicyclic amines) is 1. The van der Waals surface area contributed by atoms with E-state index in [0.29, 0.717) is 5.91 Å². The number of aliphatic hydroxyl groups is 1. The first-order valence-electron chi connectivity index (χ1n) is 8.10. The Kier molecular flexibility index (Phi) is 5.26. The van der Waals surface area contributed by atoms with E-state index < -0.39 is 0 Å². The van der Waals surface area contributed by atoms with Crippen molar-refractivity contribution in [2.75, 3.05) is 19.7 Å². The number of aliphatic hydroxyl groups excluding tert-OH is 1. The van der Waals surface area contributed by atoms with Gasteiger partial charge in [-0.2, -0.15) is 0 Å². The average Bonchev–Trinajstić information content (AvgIpc) is 2.76. The van der Waals surface area contributed by atoms with E-state index >= 15 is 0 Å². The fraction of sp³-hybridized carbons (Fsp3) is 0.938. The number of hydrogen-bond acceptors (Lipinski definition) is 2. The maximum atomic E-state index is 12.6. The molecule has 1 aliphatic heterocycles. The zero-order chi connectivity index (χ0) is 13.7. The molecule has 1 heterocycles. The molecule has 2 aliphatic rings. The topological polar surface area (TPSA) is 40.5 Å². The van der Waals surface area contributed by atoms with Crippen LogP contribution in [0.25, 0.3) is 0 Å². The summed E-state index contributed by atoms with van der Waals surface area (Å²) in [6, 6.07) is 0. The molecule has 2 fully saturated rings. The van der Waals surface area contributed by atoms with Crippen LogP contribution >= 0.6 is 0 Å². The van der Waals surface area contributed by atoms with Gasteiger partial charge in [0.25, 0.3) is 0 Å². The highest BCUT2D eigenvalue weighted by Crippen LogP contribution is 2.35. The van der Waals surface area contributed by atoms with E-state index in [-0.39, 0.29) is 17.9 Å². The summed E-state index contributed by atoms with van der Waals surface area (Å²) in [5.74, 6) is 0.676. The second kappa shape index (κ2) is 6.74. The highest BCUT2D eigenvalue weighted by atomic mass is 16.3. The first-order valence-corrected chi connectivity index (χ1v) is 8.10. The highest BCUT2D eigenvalue weighted by molar-refractivity contribution is 5.79. The number of carbonyl (C=O) groups excluding carboxylic acids is 1. The molecule has 1 saturated heterocycles. The van der Waals surface area contributed by atoms with Crippen molar-refractivity contribution in [2.45, 2.75) is 64.7 Å². The molecule has 19 heavy (non-hydrogen) atoms. The number of amides is 1. The third kappa shape index (κ3) is 3.50. The number of carbonyl (C=O) groups is 1. The molecule has 3 heteroatoms. The molecular formula is C16H29NO2. The Morgan fingerprint density at radius 2 is 1.74 bits per heavy atom. The van der Waals surface area contributed by atoms with Crippen molar-refractivity contribution in [3.63, 3.8) is 0 Å². The fourth-order valence-electron chi connectivity index (χ4n) is 3.61. The summed E-state index contributed by atoms with van der Waals surface area (Å²) >= 11 is 0. The molecule has 1 aliphatic carbocycles. The Morgan fingerprint density at radius 1 is 1.16 bits per heavy atom. The molecule has 0 aromatic carbocycles. The molecule has 0 aromatic rings. The van der Waals surface area contributed by atoms with Crippen LogP contribution in [0.4, 0.5) is 0 Å². The van der Waals surface area contributed by atoms with Crippen LogP contribution in [0.3, 0.4) is 0 Å². The van der Waals surface area contributed by atoms with Crippen LogP contribution in [0.1, 0.15) is 64.7 Å². The molecule has 2 rings (SSSR count). The predicted octanol–water partition coefficient (Wildman–Crippen LogP) is 2.97. The van der Waals surface area contributed by atoms with Gasteiger partial charge in [0.2, 0.25) is 5.91 Å². The van der Waals surface area contributed by atoms with E-state index in [9.17, 15) is 9.90 Å². The van der Waals surface area contributed by atoms with Gasteiger partial charge in [-0.05, 0) is 37.5 Å². The fourth-order valence-corrected chi connectivity index (χ4v) is 3.61. The molecular weight excluding hydrogens is 238 g/mol. The Labute approximate surface area is 117 Å². The Balaban J connectivity index is 1.88. The monoisotopic (exact) mass is 267 g/mol. The Morgan fingerprint density at radius 3 is 2.21 bits per heavy atom. The average molecular weight is 267 g/mol. The molecule has 0 aromatic heterocycles. The SMILES string of the molecule is CCC1(CO)CCN(C(=O)C2CCCCCC2)CC1. The lowest BCUT2D eigenvalue weighted by molar-refractivity contribution is -0.139. The molecule has 1 N–H and O–H groups in total. The molecule has 0 unspecified atom stereocenters. The van der Waals surface area contributed by atoms with Gasteiger partial charge in [0.15, 0.2) is 0 Å². The quantitative estimate of drug-likeness (QED) is 0.799. The van der Waals surface area contributed by atoms with Gasteiger partial charge in [-0.15, -0.1) is 0 Å². The van der Waals surface area contributed by atoms with Gasteiger partial charge in [0.1, 0.15) is 0 Å². The van der Waals surface area contributed by atoms with Gasteiger partial charge >= 0.3 is 0 Å². The van der Waals surface area contributed by atoms with E-state index in [1.54, 1.807) is 0 Å². The summed E-state index contributed by atoms with van der Waals surface area (Å²) in [5, 5.41) is 9.55. The summed E-state index contributed by atoms with van der Waals surface area (Å²) < 4.78 is 0. The molecule has 1 saturated carbocycles. The standard InChI is InChI=1S/C16H29NO2/c1-2-16(13-18)9-11-17(12-10-16)15(19)14-7-5-3-4-6-8-14/h14,18H,2-13H2,1H3. The largest absolute Gasteiger partial charge is 0.396 e. The number of piperidine rings is 1. The summed E-state index contributed by atoms with van der Waals surface area (Å²) in [6.45, 7) is 4.13.